The molecule has 0 saturated heterocycles. The number of aryl methyl sites for hydroxylation is 1. The van der Waals surface area contributed by atoms with Crippen LogP contribution in [0.2, 0.25) is 5.02 Å². The quantitative estimate of drug-likeness (QED) is 0.353. The van der Waals surface area contributed by atoms with Gasteiger partial charge in [0.05, 0.1) is 17.1 Å². The second kappa shape index (κ2) is 10.7. The number of fused-ring (bicyclic) bond motifs is 1. The SMILES string of the molecule is COCCNC(=O)C(c1ccc(C)o1)N(C(=O)Cn1nnc2ccccc21)c1ccc(F)c(Cl)c1. The van der Waals surface area contributed by atoms with Crippen molar-refractivity contribution in [3.63, 3.8) is 0 Å². The van der Waals surface area contributed by atoms with E-state index in [4.69, 9.17) is 20.8 Å². The Morgan fingerprint density at radius 1 is 1.23 bits per heavy atom. The Bertz CT molecular complexity index is 1350. The number of amides is 2. The number of para-hydroxylation sites is 1. The van der Waals surface area contributed by atoms with Crippen molar-refractivity contribution < 1.29 is 23.1 Å². The van der Waals surface area contributed by atoms with Crippen molar-refractivity contribution in [1.29, 1.82) is 0 Å². The van der Waals surface area contributed by atoms with Gasteiger partial charge in [-0.25, -0.2) is 9.07 Å². The number of methoxy groups -OCH3 is 1. The van der Waals surface area contributed by atoms with Crippen molar-refractivity contribution in [2.45, 2.75) is 19.5 Å². The summed E-state index contributed by atoms with van der Waals surface area (Å²) in [5.41, 5.74) is 1.48. The Morgan fingerprint density at radius 3 is 2.74 bits per heavy atom. The van der Waals surface area contributed by atoms with Crippen molar-refractivity contribution in [2.24, 2.45) is 0 Å². The van der Waals surface area contributed by atoms with Crippen LogP contribution >= 0.6 is 11.6 Å². The van der Waals surface area contributed by atoms with Crippen LogP contribution in [0.4, 0.5) is 10.1 Å². The maximum Gasteiger partial charge on any atom is 0.251 e. The summed E-state index contributed by atoms with van der Waals surface area (Å²) in [5.74, 6) is -0.880. The van der Waals surface area contributed by atoms with Gasteiger partial charge in [0, 0.05) is 19.3 Å². The molecule has 1 unspecified atom stereocenters. The minimum atomic E-state index is -1.20. The highest BCUT2D eigenvalue weighted by Crippen LogP contribution is 2.32. The molecule has 0 aliphatic rings. The molecule has 0 spiro atoms. The number of furan rings is 1. The molecule has 0 aliphatic carbocycles. The summed E-state index contributed by atoms with van der Waals surface area (Å²) < 4.78 is 26.2. The summed E-state index contributed by atoms with van der Waals surface area (Å²) in [7, 11) is 1.51. The topological polar surface area (TPSA) is 102 Å². The predicted molar refractivity (Wildman–Crippen MR) is 127 cm³/mol. The van der Waals surface area contributed by atoms with E-state index in [-0.39, 0.29) is 36.2 Å². The zero-order valence-electron chi connectivity index (χ0n) is 19.1. The van der Waals surface area contributed by atoms with Gasteiger partial charge < -0.3 is 14.5 Å². The van der Waals surface area contributed by atoms with Crippen LogP contribution in [0.3, 0.4) is 0 Å². The van der Waals surface area contributed by atoms with Crippen molar-refractivity contribution in [2.75, 3.05) is 25.2 Å². The molecule has 0 radical (unpaired) electrons. The fraction of sp³-hybridized carbons (Fsp3) is 0.250. The monoisotopic (exact) mass is 499 g/mol. The van der Waals surface area contributed by atoms with E-state index in [0.29, 0.717) is 16.8 Å². The standard InChI is InChI=1S/C24H23ClFN5O4/c1-15-7-10-21(35-15)23(24(33)27-11-12-34-2)31(16-8-9-18(26)17(25)13-16)22(32)14-30-20-6-4-3-5-19(20)28-29-30/h3-10,13,23H,11-12,14H2,1-2H3,(H,27,33). The Labute approximate surface area is 205 Å². The van der Waals surface area contributed by atoms with Crippen LogP contribution < -0.4 is 10.2 Å². The van der Waals surface area contributed by atoms with Gasteiger partial charge >= 0.3 is 0 Å². The third-order valence-corrected chi connectivity index (χ3v) is 5.59. The normalized spacial score (nSPS) is 12.0. The van der Waals surface area contributed by atoms with Crippen molar-refractivity contribution in [1.82, 2.24) is 20.3 Å². The average Bonchev–Trinajstić information content (AvgIpc) is 3.45. The zero-order chi connectivity index (χ0) is 24.9. The van der Waals surface area contributed by atoms with Crippen molar-refractivity contribution in [3.05, 3.63) is 77.0 Å². The predicted octanol–water partition coefficient (Wildman–Crippen LogP) is 3.66. The Balaban J connectivity index is 1.78. The maximum absolute atomic E-state index is 14.0. The lowest BCUT2D eigenvalue weighted by atomic mass is 10.1. The number of ether oxygens (including phenoxy) is 1. The fourth-order valence-electron chi connectivity index (χ4n) is 3.66. The van der Waals surface area contributed by atoms with E-state index in [1.165, 1.54) is 28.8 Å². The number of halogens is 2. The number of rotatable bonds is 9. The van der Waals surface area contributed by atoms with Gasteiger partial charge in [-0.15, -0.1) is 5.10 Å². The molecule has 2 aromatic carbocycles. The highest BCUT2D eigenvalue weighted by Gasteiger charge is 2.35. The van der Waals surface area contributed by atoms with E-state index in [1.807, 2.05) is 12.1 Å². The lowest BCUT2D eigenvalue weighted by Gasteiger charge is -2.30. The molecule has 2 heterocycles. The van der Waals surface area contributed by atoms with Crippen LogP contribution in [0.5, 0.6) is 0 Å². The third-order valence-electron chi connectivity index (χ3n) is 5.30. The number of nitrogens with zero attached hydrogens (tertiary/aromatic N) is 4. The first kappa shape index (κ1) is 24.4. The second-order valence-corrected chi connectivity index (χ2v) is 8.14. The molecule has 35 heavy (non-hydrogen) atoms. The van der Waals surface area contributed by atoms with E-state index in [0.717, 1.165) is 6.07 Å². The van der Waals surface area contributed by atoms with Gasteiger partial charge in [0.15, 0.2) is 6.04 Å². The molecule has 1 N–H and O–H groups in total. The number of carbonyl (C=O) groups excluding carboxylic acids is 2. The maximum atomic E-state index is 14.0. The lowest BCUT2D eigenvalue weighted by Crippen LogP contribution is -2.45. The van der Waals surface area contributed by atoms with Crippen LogP contribution in [0.1, 0.15) is 17.6 Å². The molecule has 0 aliphatic heterocycles. The average molecular weight is 500 g/mol. The van der Waals surface area contributed by atoms with Gasteiger partial charge in [-0.1, -0.05) is 28.9 Å². The van der Waals surface area contributed by atoms with Crippen LogP contribution in [-0.4, -0.2) is 47.1 Å². The highest BCUT2D eigenvalue weighted by molar-refractivity contribution is 6.31. The Morgan fingerprint density at radius 2 is 2.03 bits per heavy atom. The van der Waals surface area contributed by atoms with Crippen molar-refractivity contribution >= 4 is 40.1 Å². The highest BCUT2D eigenvalue weighted by atomic mass is 35.5. The molecule has 9 nitrogen and oxygen atoms in total. The molecule has 2 aromatic heterocycles. The number of carbonyl (C=O) groups is 2. The summed E-state index contributed by atoms with van der Waals surface area (Å²) in [4.78, 5) is 28.3. The van der Waals surface area contributed by atoms with E-state index in [9.17, 15) is 14.0 Å². The summed E-state index contributed by atoms with van der Waals surface area (Å²) >= 11 is 6.04. The minimum absolute atomic E-state index is 0.194. The third kappa shape index (κ3) is 5.33. The van der Waals surface area contributed by atoms with Crippen LogP contribution in [0.15, 0.2) is 59.0 Å². The largest absolute Gasteiger partial charge is 0.464 e. The van der Waals surface area contributed by atoms with Gasteiger partial charge in [-0.3, -0.25) is 14.5 Å². The molecule has 0 saturated carbocycles. The second-order valence-electron chi connectivity index (χ2n) is 7.73. The van der Waals surface area contributed by atoms with Gasteiger partial charge in [-0.2, -0.15) is 0 Å². The number of aromatic nitrogens is 3. The summed E-state index contributed by atoms with van der Waals surface area (Å²) in [6.45, 7) is 1.98. The van der Waals surface area contributed by atoms with Gasteiger partial charge in [0.25, 0.3) is 5.91 Å². The lowest BCUT2D eigenvalue weighted by molar-refractivity contribution is -0.127. The Kier molecular flexibility index (Phi) is 7.42. The number of nitrogens with one attached hydrogen (secondary N) is 1. The minimum Gasteiger partial charge on any atom is -0.464 e. The van der Waals surface area contributed by atoms with Crippen molar-refractivity contribution in [3.8, 4) is 0 Å². The molecule has 0 bridgehead atoms. The zero-order valence-corrected chi connectivity index (χ0v) is 19.8. The fourth-order valence-corrected chi connectivity index (χ4v) is 3.83. The summed E-state index contributed by atoms with van der Waals surface area (Å²) in [6.07, 6.45) is 0. The number of hydrogen-bond acceptors (Lipinski definition) is 6. The van der Waals surface area contributed by atoms with Crippen LogP contribution in [0, 0.1) is 12.7 Å². The van der Waals surface area contributed by atoms with E-state index >= 15 is 0 Å². The smallest absolute Gasteiger partial charge is 0.251 e. The first-order valence-corrected chi connectivity index (χ1v) is 11.1. The molecular formula is C24H23ClFN5O4. The molecule has 0 fully saturated rings. The first-order chi connectivity index (χ1) is 16.9. The van der Waals surface area contributed by atoms with Crippen LogP contribution in [0.25, 0.3) is 11.0 Å². The number of anilines is 1. The summed E-state index contributed by atoms with van der Waals surface area (Å²) in [5, 5.41) is 10.7. The molecule has 1 atom stereocenters. The van der Waals surface area contributed by atoms with Gasteiger partial charge in [-0.05, 0) is 49.4 Å². The molecule has 11 heteroatoms. The van der Waals surface area contributed by atoms with E-state index in [1.54, 1.807) is 31.2 Å². The number of hydrogen-bond donors (Lipinski definition) is 1. The Hall–Kier alpha value is -3.76. The van der Waals surface area contributed by atoms with Gasteiger partial charge in [0.1, 0.15) is 29.4 Å². The van der Waals surface area contributed by atoms with E-state index in [2.05, 4.69) is 15.6 Å². The molecule has 2 amide bonds. The van der Waals surface area contributed by atoms with Crippen LogP contribution in [-0.2, 0) is 20.9 Å². The number of benzene rings is 2. The molecule has 182 valence electrons. The first-order valence-electron chi connectivity index (χ1n) is 10.8. The molecule has 4 rings (SSSR count). The van der Waals surface area contributed by atoms with E-state index < -0.39 is 23.7 Å². The summed E-state index contributed by atoms with van der Waals surface area (Å²) in [6, 6.07) is 13.1. The van der Waals surface area contributed by atoms with Gasteiger partial charge in [0.2, 0.25) is 5.91 Å². The molecular weight excluding hydrogens is 477 g/mol. The molecule has 4 aromatic rings.